The number of nitriles is 1. The van der Waals surface area contributed by atoms with E-state index in [0.717, 1.165) is 25.5 Å². The van der Waals surface area contributed by atoms with Crippen molar-refractivity contribution in [3.63, 3.8) is 0 Å². The Balaban J connectivity index is 2.14. The Morgan fingerprint density at radius 1 is 1.44 bits per heavy atom. The Labute approximate surface area is 53.5 Å². The van der Waals surface area contributed by atoms with Crippen LogP contribution in [0.4, 0.5) is 0 Å². The molecule has 3 fully saturated rings. The molecule has 0 N–H and O–H groups in total. The highest BCUT2D eigenvalue weighted by atomic mass is 16.1. The summed E-state index contributed by atoms with van der Waals surface area (Å²) >= 11 is 0. The minimum Gasteiger partial charge on any atom is -0.303 e. The van der Waals surface area contributed by atoms with Crippen molar-refractivity contribution in [3.8, 4) is 6.07 Å². The zero-order chi connectivity index (χ0) is 6.54. The van der Waals surface area contributed by atoms with Gasteiger partial charge in [-0.1, -0.05) is 0 Å². The van der Waals surface area contributed by atoms with Crippen LogP contribution in [0.5, 0.6) is 0 Å². The molecule has 0 unspecified atom stereocenters. The molecule has 2 bridgehead atoms. The van der Waals surface area contributed by atoms with Gasteiger partial charge in [0.1, 0.15) is 6.29 Å². The third-order valence-corrected chi connectivity index (χ3v) is 2.56. The lowest BCUT2D eigenvalue weighted by Gasteiger charge is -2.64. The number of carbonyl (C=O) groups is 1. The molecule has 0 aromatic heterocycles. The summed E-state index contributed by atoms with van der Waals surface area (Å²) in [6.07, 6.45) is 3.52. The number of rotatable bonds is 1. The first-order chi connectivity index (χ1) is 4.24. The molecule has 0 spiro atoms. The van der Waals surface area contributed by atoms with Crippen molar-refractivity contribution >= 4 is 6.29 Å². The molecule has 3 aliphatic carbocycles. The molecule has 0 aromatic carbocycles. The van der Waals surface area contributed by atoms with Crippen molar-refractivity contribution in [2.24, 2.45) is 10.8 Å². The fraction of sp³-hybridized carbons (Fsp3) is 0.714. The van der Waals surface area contributed by atoms with Crippen LogP contribution in [0.1, 0.15) is 19.3 Å². The highest BCUT2D eigenvalue weighted by molar-refractivity contribution is 5.67. The molecule has 0 amide bonds. The fourth-order valence-electron chi connectivity index (χ4n) is 2.11. The van der Waals surface area contributed by atoms with E-state index in [1.807, 2.05) is 0 Å². The molecule has 3 saturated carbocycles. The first-order valence-corrected chi connectivity index (χ1v) is 3.12. The number of hydrogen-bond donors (Lipinski definition) is 0. The van der Waals surface area contributed by atoms with Crippen molar-refractivity contribution in [1.82, 2.24) is 0 Å². The molecule has 46 valence electrons. The van der Waals surface area contributed by atoms with Gasteiger partial charge in [-0.3, -0.25) is 0 Å². The largest absolute Gasteiger partial charge is 0.303 e. The van der Waals surface area contributed by atoms with Crippen molar-refractivity contribution in [2.75, 3.05) is 0 Å². The second-order valence-corrected chi connectivity index (χ2v) is 3.40. The predicted octanol–water partition coefficient (Wildman–Crippen LogP) is 0.879. The van der Waals surface area contributed by atoms with Crippen LogP contribution in [0.3, 0.4) is 0 Å². The second-order valence-electron chi connectivity index (χ2n) is 3.40. The van der Waals surface area contributed by atoms with Gasteiger partial charge in [0.2, 0.25) is 0 Å². The summed E-state index contributed by atoms with van der Waals surface area (Å²) in [5.41, 5.74) is -0.0867. The molecule has 0 aliphatic heterocycles. The van der Waals surface area contributed by atoms with Crippen LogP contribution in [-0.2, 0) is 4.79 Å². The first-order valence-electron chi connectivity index (χ1n) is 3.12. The fourth-order valence-corrected chi connectivity index (χ4v) is 2.11. The summed E-state index contributed by atoms with van der Waals surface area (Å²) in [5.74, 6) is 0. The summed E-state index contributed by atoms with van der Waals surface area (Å²) in [4.78, 5) is 10.3. The van der Waals surface area contributed by atoms with Gasteiger partial charge in [0.25, 0.3) is 0 Å². The summed E-state index contributed by atoms with van der Waals surface area (Å²) in [6, 6.07) is 2.24. The minimum absolute atomic E-state index is 0.0320. The molecule has 0 atom stereocenters. The zero-order valence-electron chi connectivity index (χ0n) is 5.05. The highest BCUT2D eigenvalue weighted by Gasteiger charge is 2.68. The van der Waals surface area contributed by atoms with Crippen LogP contribution < -0.4 is 0 Å². The maximum Gasteiger partial charge on any atom is 0.126 e. The topological polar surface area (TPSA) is 40.9 Å². The Bertz CT molecular complexity index is 194. The van der Waals surface area contributed by atoms with E-state index < -0.39 is 0 Å². The lowest BCUT2D eigenvalue weighted by atomic mass is 9.36. The third kappa shape index (κ3) is 0.355. The smallest absolute Gasteiger partial charge is 0.126 e. The number of aldehydes is 1. The predicted molar refractivity (Wildman–Crippen MR) is 30.4 cm³/mol. The molecule has 2 nitrogen and oxygen atoms in total. The van der Waals surface area contributed by atoms with Crippen molar-refractivity contribution in [3.05, 3.63) is 0 Å². The molecule has 0 radical (unpaired) electrons. The Morgan fingerprint density at radius 2 is 2.00 bits per heavy atom. The van der Waals surface area contributed by atoms with E-state index >= 15 is 0 Å². The number of nitrogens with zero attached hydrogens (tertiary/aromatic N) is 1. The minimum atomic E-state index is -0.0547. The summed E-state index contributed by atoms with van der Waals surface area (Å²) in [5, 5.41) is 8.53. The van der Waals surface area contributed by atoms with Gasteiger partial charge in [0.05, 0.1) is 11.5 Å². The standard InChI is InChI=1S/C7H7NO/c8-4-6-1-7(2-6,3-6)5-9/h5H,1-3H2. The van der Waals surface area contributed by atoms with Crippen molar-refractivity contribution < 1.29 is 4.79 Å². The highest BCUT2D eigenvalue weighted by Crippen LogP contribution is 2.71. The van der Waals surface area contributed by atoms with Crippen LogP contribution in [0.2, 0.25) is 0 Å². The molecule has 0 saturated heterocycles. The number of carbonyl (C=O) groups excluding carboxylic acids is 1. The summed E-state index contributed by atoms with van der Waals surface area (Å²) < 4.78 is 0. The normalized spacial score (nSPS) is 52.3. The lowest BCUT2D eigenvalue weighted by Crippen LogP contribution is -2.61. The summed E-state index contributed by atoms with van der Waals surface area (Å²) in [6.45, 7) is 0. The molecule has 2 heteroatoms. The average Bonchev–Trinajstić information content (AvgIpc) is 1.62. The van der Waals surface area contributed by atoms with Crippen LogP contribution in [-0.4, -0.2) is 6.29 Å². The quantitative estimate of drug-likeness (QED) is 0.483. The van der Waals surface area contributed by atoms with E-state index in [0.29, 0.717) is 0 Å². The molecule has 0 aromatic rings. The van der Waals surface area contributed by atoms with Gasteiger partial charge < -0.3 is 4.79 Å². The Morgan fingerprint density at radius 3 is 2.33 bits per heavy atom. The van der Waals surface area contributed by atoms with Gasteiger partial charge in [0.15, 0.2) is 0 Å². The van der Waals surface area contributed by atoms with Crippen LogP contribution in [0.15, 0.2) is 0 Å². The van der Waals surface area contributed by atoms with Gasteiger partial charge in [-0.25, -0.2) is 0 Å². The molecule has 3 aliphatic rings. The van der Waals surface area contributed by atoms with Crippen LogP contribution >= 0.6 is 0 Å². The van der Waals surface area contributed by atoms with Gasteiger partial charge >= 0.3 is 0 Å². The van der Waals surface area contributed by atoms with Crippen LogP contribution in [0, 0.1) is 22.2 Å². The van der Waals surface area contributed by atoms with Gasteiger partial charge in [-0.05, 0) is 19.3 Å². The SMILES string of the molecule is N#CC12CC(C=O)(C1)C2. The second kappa shape index (κ2) is 1.04. The molecule has 3 rings (SSSR count). The Hall–Kier alpha value is -0.840. The maximum atomic E-state index is 10.3. The van der Waals surface area contributed by atoms with E-state index in [2.05, 4.69) is 6.07 Å². The van der Waals surface area contributed by atoms with Gasteiger partial charge in [-0.15, -0.1) is 0 Å². The van der Waals surface area contributed by atoms with E-state index in [-0.39, 0.29) is 10.8 Å². The lowest BCUT2D eigenvalue weighted by molar-refractivity contribution is -0.169. The Kier molecular flexibility index (Phi) is 0.576. The summed E-state index contributed by atoms with van der Waals surface area (Å²) in [7, 11) is 0. The molecule has 9 heavy (non-hydrogen) atoms. The monoisotopic (exact) mass is 121 g/mol. The van der Waals surface area contributed by atoms with Crippen LogP contribution in [0.25, 0.3) is 0 Å². The molecular weight excluding hydrogens is 114 g/mol. The third-order valence-electron chi connectivity index (χ3n) is 2.56. The van der Waals surface area contributed by atoms with Crippen molar-refractivity contribution in [2.45, 2.75) is 19.3 Å². The van der Waals surface area contributed by atoms with E-state index in [1.54, 1.807) is 0 Å². The van der Waals surface area contributed by atoms with E-state index in [1.165, 1.54) is 0 Å². The van der Waals surface area contributed by atoms with Crippen molar-refractivity contribution in [1.29, 1.82) is 5.26 Å². The van der Waals surface area contributed by atoms with E-state index in [4.69, 9.17) is 5.26 Å². The van der Waals surface area contributed by atoms with Gasteiger partial charge in [0, 0.05) is 5.41 Å². The maximum absolute atomic E-state index is 10.3. The van der Waals surface area contributed by atoms with Gasteiger partial charge in [-0.2, -0.15) is 5.26 Å². The molecule has 0 heterocycles. The average molecular weight is 121 g/mol. The molecular formula is C7H7NO. The first kappa shape index (κ1) is 4.99. The number of hydrogen-bond acceptors (Lipinski definition) is 2. The van der Waals surface area contributed by atoms with E-state index in [9.17, 15) is 4.79 Å². The zero-order valence-corrected chi connectivity index (χ0v) is 5.05.